The molecule has 1 aliphatic heterocycles. The molecule has 2 aliphatic rings. The van der Waals surface area contributed by atoms with Crippen molar-refractivity contribution in [3.8, 4) is 5.75 Å². The predicted octanol–water partition coefficient (Wildman–Crippen LogP) is 3.54. The molecule has 1 aromatic rings. The Morgan fingerprint density at radius 1 is 1.38 bits per heavy atom. The number of carbonyl (C=O) groups is 1. The van der Waals surface area contributed by atoms with Gasteiger partial charge in [0.25, 0.3) is 0 Å². The van der Waals surface area contributed by atoms with E-state index in [9.17, 15) is 4.79 Å². The highest BCUT2D eigenvalue weighted by Crippen LogP contribution is 2.45. The first-order chi connectivity index (χ1) is 7.60. The molecular weight excluding hydrogens is 224 g/mol. The van der Waals surface area contributed by atoms with Crippen LogP contribution >= 0.6 is 11.6 Å². The standard InChI is InChI=1S/C13H13ClO2/c1-8-5-12-9(6-10(8)14)11(15)7-13(16-12)3-2-4-13/h5-6H,2-4,7H2,1H3. The van der Waals surface area contributed by atoms with Crippen molar-refractivity contribution in [2.24, 2.45) is 0 Å². The summed E-state index contributed by atoms with van der Waals surface area (Å²) < 4.78 is 5.98. The zero-order valence-electron chi connectivity index (χ0n) is 9.18. The van der Waals surface area contributed by atoms with Crippen molar-refractivity contribution in [3.05, 3.63) is 28.3 Å². The quantitative estimate of drug-likeness (QED) is 0.689. The molecule has 2 nitrogen and oxygen atoms in total. The number of Topliss-reactive ketones (excluding diaryl/α,β-unsaturated/α-hetero) is 1. The van der Waals surface area contributed by atoms with Crippen molar-refractivity contribution in [1.29, 1.82) is 0 Å². The van der Waals surface area contributed by atoms with E-state index >= 15 is 0 Å². The van der Waals surface area contributed by atoms with Crippen molar-refractivity contribution in [3.63, 3.8) is 0 Å². The van der Waals surface area contributed by atoms with Crippen LogP contribution in [0, 0.1) is 6.92 Å². The monoisotopic (exact) mass is 236 g/mol. The summed E-state index contributed by atoms with van der Waals surface area (Å²) in [6, 6.07) is 3.62. The number of benzene rings is 1. The molecule has 3 rings (SSSR count). The van der Waals surface area contributed by atoms with Crippen LogP contribution < -0.4 is 4.74 Å². The Balaban J connectivity index is 2.08. The molecule has 0 atom stereocenters. The molecule has 1 saturated carbocycles. The number of halogens is 1. The van der Waals surface area contributed by atoms with E-state index in [1.165, 1.54) is 0 Å². The molecule has 0 N–H and O–H groups in total. The summed E-state index contributed by atoms with van der Waals surface area (Å²) >= 11 is 6.02. The molecule has 0 saturated heterocycles. The first-order valence-electron chi connectivity index (χ1n) is 5.62. The molecule has 1 aliphatic carbocycles. The van der Waals surface area contributed by atoms with Crippen molar-refractivity contribution >= 4 is 17.4 Å². The minimum atomic E-state index is -0.190. The van der Waals surface area contributed by atoms with Gasteiger partial charge in [-0.05, 0) is 43.9 Å². The zero-order valence-corrected chi connectivity index (χ0v) is 9.93. The lowest BCUT2D eigenvalue weighted by atomic mass is 9.74. The highest BCUT2D eigenvalue weighted by molar-refractivity contribution is 6.31. The van der Waals surface area contributed by atoms with Crippen LogP contribution in [0.5, 0.6) is 5.75 Å². The lowest BCUT2D eigenvalue weighted by Crippen LogP contribution is -2.47. The number of hydrogen-bond donors (Lipinski definition) is 0. The van der Waals surface area contributed by atoms with E-state index in [-0.39, 0.29) is 11.4 Å². The van der Waals surface area contributed by atoms with Crippen LogP contribution in [0.25, 0.3) is 0 Å². The average molecular weight is 237 g/mol. The molecule has 0 radical (unpaired) electrons. The molecule has 84 valence electrons. The molecule has 0 bridgehead atoms. The van der Waals surface area contributed by atoms with Gasteiger partial charge < -0.3 is 4.74 Å². The van der Waals surface area contributed by atoms with E-state index in [0.717, 1.165) is 30.6 Å². The van der Waals surface area contributed by atoms with Crippen LogP contribution in [0.15, 0.2) is 12.1 Å². The molecule has 1 fully saturated rings. The van der Waals surface area contributed by atoms with Crippen molar-refractivity contribution in [2.45, 2.75) is 38.2 Å². The van der Waals surface area contributed by atoms with E-state index in [1.807, 2.05) is 13.0 Å². The molecule has 0 amide bonds. The van der Waals surface area contributed by atoms with Crippen LogP contribution in [0.4, 0.5) is 0 Å². The fraction of sp³-hybridized carbons (Fsp3) is 0.462. The molecule has 0 unspecified atom stereocenters. The Hall–Kier alpha value is -1.02. The molecule has 16 heavy (non-hydrogen) atoms. The van der Waals surface area contributed by atoms with E-state index in [2.05, 4.69) is 0 Å². The number of ketones is 1. The van der Waals surface area contributed by atoms with E-state index in [4.69, 9.17) is 16.3 Å². The van der Waals surface area contributed by atoms with Crippen LogP contribution in [0.2, 0.25) is 5.02 Å². The molecule has 1 spiro atoms. The lowest BCUT2D eigenvalue weighted by Gasteiger charge is -2.44. The van der Waals surface area contributed by atoms with Gasteiger partial charge in [-0.3, -0.25) is 4.79 Å². The van der Waals surface area contributed by atoms with Crippen LogP contribution in [0.3, 0.4) is 0 Å². The highest BCUT2D eigenvalue weighted by Gasteiger charge is 2.45. The van der Waals surface area contributed by atoms with Gasteiger partial charge in [0.15, 0.2) is 5.78 Å². The number of carbonyl (C=O) groups excluding carboxylic acids is 1. The maximum Gasteiger partial charge on any atom is 0.170 e. The van der Waals surface area contributed by atoms with Crippen LogP contribution in [0.1, 0.15) is 41.6 Å². The minimum absolute atomic E-state index is 0.169. The van der Waals surface area contributed by atoms with Gasteiger partial charge in [0.2, 0.25) is 0 Å². The second-order valence-corrected chi connectivity index (χ2v) is 5.24. The maximum atomic E-state index is 12.0. The summed E-state index contributed by atoms with van der Waals surface area (Å²) in [7, 11) is 0. The molecule has 1 heterocycles. The number of hydrogen-bond acceptors (Lipinski definition) is 2. The first-order valence-corrected chi connectivity index (χ1v) is 6.00. The third-order valence-electron chi connectivity index (χ3n) is 3.64. The summed E-state index contributed by atoms with van der Waals surface area (Å²) in [6.07, 6.45) is 3.67. The lowest BCUT2D eigenvalue weighted by molar-refractivity contribution is -0.0177. The Labute approximate surface area is 99.6 Å². The van der Waals surface area contributed by atoms with Crippen LogP contribution in [-0.2, 0) is 0 Å². The van der Waals surface area contributed by atoms with Gasteiger partial charge in [0.1, 0.15) is 11.4 Å². The molecule has 0 aromatic heterocycles. The second kappa shape index (κ2) is 3.24. The van der Waals surface area contributed by atoms with Crippen molar-refractivity contribution in [2.75, 3.05) is 0 Å². The Kier molecular flexibility index (Phi) is 2.05. The topological polar surface area (TPSA) is 26.3 Å². The Bertz CT molecular complexity index is 475. The van der Waals surface area contributed by atoms with Gasteiger partial charge in [0, 0.05) is 5.02 Å². The molecule has 1 aromatic carbocycles. The Morgan fingerprint density at radius 2 is 2.12 bits per heavy atom. The van der Waals surface area contributed by atoms with E-state index in [1.54, 1.807) is 6.07 Å². The summed E-state index contributed by atoms with van der Waals surface area (Å²) in [5.74, 6) is 0.890. The SMILES string of the molecule is Cc1cc2c(cc1Cl)C(=O)CC1(CCC1)O2. The summed E-state index contributed by atoms with van der Waals surface area (Å²) in [4.78, 5) is 12.0. The summed E-state index contributed by atoms with van der Waals surface area (Å²) in [6.45, 7) is 1.93. The summed E-state index contributed by atoms with van der Waals surface area (Å²) in [5.41, 5.74) is 1.42. The highest BCUT2D eigenvalue weighted by atomic mass is 35.5. The van der Waals surface area contributed by atoms with Crippen molar-refractivity contribution < 1.29 is 9.53 Å². The van der Waals surface area contributed by atoms with Gasteiger partial charge in [0.05, 0.1) is 12.0 Å². The van der Waals surface area contributed by atoms with E-state index < -0.39 is 0 Å². The first kappa shape index (κ1) is 10.2. The minimum Gasteiger partial charge on any atom is -0.486 e. The zero-order chi connectivity index (χ0) is 11.3. The smallest absolute Gasteiger partial charge is 0.170 e. The van der Waals surface area contributed by atoms with Gasteiger partial charge in [-0.25, -0.2) is 0 Å². The van der Waals surface area contributed by atoms with Gasteiger partial charge in [-0.15, -0.1) is 0 Å². The van der Waals surface area contributed by atoms with E-state index in [0.29, 0.717) is 17.0 Å². The number of ether oxygens (including phenoxy) is 1. The van der Waals surface area contributed by atoms with Crippen LogP contribution in [-0.4, -0.2) is 11.4 Å². The normalized spacial score (nSPS) is 21.2. The van der Waals surface area contributed by atoms with Gasteiger partial charge in [-0.2, -0.15) is 0 Å². The van der Waals surface area contributed by atoms with Gasteiger partial charge >= 0.3 is 0 Å². The second-order valence-electron chi connectivity index (χ2n) is 4.84. The third kappa shape index (κ3) is 1.36. The average Bonchev–Trinajstić information content (AvgIpc) is 2.18. The maximum absolute atomic E-state index is 12.0. The Morgan fingerprint density at radius 3 is 2.75 bits per heavy atom. The van der Waals surface area contributed by atoms with Gasteiger partial charge in [-0.1, -0.05) is 11.6 Å². The fourth-order valence-corrected chi connectivity index (χ4v) is 2.63. The largest absolute Gasteiger partial charge is 0.486 e. The molecule has 3 heteroatoms. The van der Waals surface area contributed by atoms with Crippen molar-refractivity contribution in [1.82, 2.24) is 0 Å². The fourth-order valence-electron chi connectivity index (χ4n) is 2.46. The predicted molar refractivity (Wildman–Crippen MR) is 62.3 cm³/mol. The third-order valence-corrected chi connectivity index (χ3v) is 4.04. The number of fused-ring (bicyclic) bond motifs is 1. The summed E-state index contributed by atoms with van der Waals surface area (Å²) in [5, 5.41) is 0.639. The molecular formula is C13H13ClO2. The number of rotatable bonds is 0. The number of aryl methyl sites for hydroxylation is 1.